The Balaban J connectivity index is 1.76. The maximum Gasteiger partial charge on any atom is 0.0759 e. The second kappa shape index (κ2) is 6.69. The number of hydrogen-bond donors (Lipinski definition) is 0. The molecule has 0 aromatic carbocycles. The first kappa shape index (κ1) is 21.3. The van der Waals surface area contributed by atoms with E-state index in [-0.39, 0.29) is 10.8 Å². The molecule has 0 fully saturated rings. The Morgan fingerprint density at radius 3 is 1.56 bits per heavy atom. The summed E-state index contributed by atoms with van der Waals surface area (Å²) < 4.78 is 0. The Labute approximate surface area is 208 Å². The van der Waals surface area contributed by atoms with Crippen LogP contribution in [0.4, 0.5) is 0 Å². The smallest absolute Gasteiger partial charge is 0.0759 e. The van der Waals surface area contributed by atoms with Crippen LogP contribution < -0.4 is 0 Å². The molecule has 166 valence electrons. The van der Waals surface area contributed by atoms with E-state index in [1.807, 2.05) is 45.3 Å². The zero-order valence-electron chi connectivity index (χ0n) is 20.1. The molecule has 6 rings (SSSR count). The molecule has 1 atom stereocenters. The van der Waals surface area contributed by atoms with E-state index in [0.717, 1.165) is 0 Å². The van der Waals surface area contributed by atoms with E-state index in [2.05, 4.69) is 79.7 Å². The number of rotatable bonds is 2. The van der Waals surface area contributed by atoms with Gasteiger partial charge in [-0.15, -0.1) is 45.3 Å². The zero-order valence-corrected chi connectivity index (χ0v) is 23.4. The van der Waals surface area contributed by atoms with Gasteiger partial charge in [0.25, 0.3) is 0 Å². The molecule has 1 unspecified atom stereocenters. The van der Waals surface area contributed by atoms with Crippen molar-refractivity contribution in [3.05, 3.63) is 66.0 Å². The van der Waals surface area contributed by atoms with Gasteiger partial charge in [0.15, 0.2) is 0 Å². The Morgan fingerprint density at radius 2 is 1.06 bits per heavy atom. The van der Waals surface area contributed by atoms with Gasteiger partial charge in [0.05, 0.1) is 5.41 Å². The third kappa shape index (κ3) is 2.58. The monoisotopic (exact) mass is 494 g/mol. The first-order valence-corrected chi connectivity index (χ1v) is 14.8. The Hall–Kier alpha value is -1.20. The fourth-order valence-electron chi connectivity index (χ4n) is 5.32. The van der Waals surface area contributed by atoms with Crippen molar-refractivity contribution < 1.29 is 0 Å². The summed E-state index contributed by atoms with van der Waals surface area (Å²) in [7, 11) is 0. The van der Waals surface area contributed by atoms with Gasteiger partial charge < -0.3 is 0 Å². The van der Waals surface area contributed by atoms with E-state index in [1.165, 1.54) is 39.0 Å². The van der Waals surface area contributed by atoms with Gasteiger partial charge in [0.1, 0.15) is 0 Å². The molecule has 0 N–H and O–H groups in total. The van der Waals surface area contributed by atoms with Crippen molar-refractivity contribution in [1.82, 2.24) is 0 Å². The molecule has 0 bridgehead atoms. The second-order valence-corrected chi connectivity index (χ2v) is 15.5. The maximum absolute atomic E-state index is 2.57. The molecule has 32 heavy (non-hydrogen) atoms. The van der Waals surface area contributed by atoms with E-state index in [1.54, 1.807) is 22.3 Å². The molecule has 0 amide bonds. The molecule has 0 saturated heterocycles. The van der Waals surface area contributed by atoms with Crippen LogP contribution in [-0.2, 0) is 10.8 Å². The summed E-state index contributed by atoms with van der Waals surface area (Å²) >= 11 is 8.12. The highest BCUT2D eigenvalue weighted by molar-refractivity contribution is 7.24. The maximum atomic E-state index is 2.57. The van der Waals surface area contributed by atoms with E-state index < -0.39 is 0 Å². The van der Waals surface area contributed by atoms with E-state index in [9.17, 15) is 0 Å². The fraction of sp³-hybridized carbons (Fsp3) is 0.429. The van der Waals surface area contributed by atoms with E-state index >= 15 is 0 Å². The molecule has 0 saturated carbocycles. The predicted octanol–water partition coefficient (Wildman–Crippen LogP) is 10.1. The number of hydrogen-bond acceptors (Lipinski definition) is 4. The summed E-state index contributed by atoms with van der Waals surface area (Å²) in [6.07, 6.45) is 0. The zero-order chi connectivity index (χ0) is 22.7. The second-order valence-electron chi connectivity index (χ2n) is 11.0. The summed E-state index contributed by atoms with van der Waals surface area (Å²) in [5.41, 5.74) is 6.25. The predicted molar refractivity (Wildman–Crippen MR) is 146 cm³/mol. The summed E-state index contributed by atoms with van der Waals surface area (Å²) in [5.74, 6) is 1.13. The molecular weight excluding hydrogens is 465 g/mol. The highest BCUT2D eigenvalue weighted by atomic mass is 32.1. The minimum atomic E-state index is -0.118. The van der Waals surface area contributed by atoms with Gasteiger partial charge in [-0.3, -0.25) is 0 Å². The third-order valence-electron chi connectivity index (χ3n) is 7.00. The van der Waals surface area contributed by atoms with Crippen LogP contribution in [0.2, 0.25) is 0 Å². The van der Waals surface area contributed by atoms with Gasteiger partial charge in [-0.1, -0.05) is 48.5 Å². The lowest BCUT2D eigenvalue weighted by molar-refractivity contribution is 0.602. The highest BCUT2D eigenvalue weighted by Crippen LogP contribution is 2.69. The average molecular weight is 495 g/mol. The number of aryl methyl sites for hydroxylation is 1. The Bertz CT molecular complexity index is 1380. The van der Waals surface area contributed by atoms with Gasteiger partial charge in [-0.25, -0.2) is 0 Å². The number of thiophene rings is 4. The van der Waals surface area contributed by atoms with Crippen LogP contribution >= 0.6 is 45.3 Å². The standard InChI is InChI=1S/C28H30S4/c1-13(2)20-10-17-24(30-20)23-16(9-15(5)29-23)28(17)18-11-21(14(3)4)31-25(18)26-19(28)12-22(32-26)27(6,7)8/h9-14H,1-8H3. The first-order chi connectivity index (χ1) is 15.0. The quantitative estimate of drug-likeness (QED) is 0.224. The Kier molecular flexibility index (Phi) is 4.46. The molecule has 0 radical (unpaired) electrons. The van der Waals surface area contributed by atoms with Gasteiger partial charge in [0.2, 0.25) is 0 Å². The molecule has 4 aromatic heterocycles. The summed E-state index contributed by atoms with van der Waals surface area (Å²) in [6, 6.07) is 10.2. The highest BCUT2D eigenvalue weighted by Gasteiger charge is 2.55. The lowest BCUT2D eigenvalue weighted by Crippen LogP contribution is -2.25. The van der Waals surface area contributed by atoms with Crippen molar-refractivity contribution in [1.29, 1.82) is 0 Å². The van der Waals surface area contributed by atoms with Crippen molar-refractivity contribution in [2.75, 3.05) is 0 Å². The minimum Gasteiger partial charge on any atom is -0.139 e. The first-order valence-electron chi connectivity index (χ1n) is 11.6. The van der Waals surface area contributed by atoms with Crippen molar-refractivity contribution in [2.45, 2.75) is 78.1 Å². The van der Waals surface area contributed by atoms with Crippen molar-refractivity contribution in [2.24, 2.45) is 0 Å². The molecular formula is C28H30S4. The van der Waals surface area contributed by atoms with Crippen LogP contribution in [0, 0.1) is 6.92 Å². The molecule has 1 spiro atoms. The third-order valence-corrected chi connectivity index (χ3v) is 12.8. The fourth-order valence-corrected chi connectivity index (χ4v) is 10.4. The average Bonchev–Trinajstić information content (AvgIpc) is 3.47. The minimum absolute atomic E-state index is 0.118. The lowest BCUT2D eigenvalue weighted by atomic mass is 9.71. The lowest BCUT2D eigenvalue weighted by Gasteiger charge is -2.28. The Morgan fingerprint density at radius 1 is 0.625 bits per heavy atom. The van der Waals surface area contributed by atoms with Crippen molar-refractivity contribution in [3.8, 4) is 19.5 Å². The molecule has 2 aliphatic rings. The van der Waals surface area contributed by atoms with Crippen molar-refractivity contribution >= 4 is 45.3 Å². The van der Waals surface area contributed by atoms with Crippen LogP contribution in [-0.4, -0.2) is 0 Å². The molecule has 2 aliphatic carbocycles. The molecule has 4 heterocycles. The van der Waals surface area contributed by atoms with Gasteiger partial charge in [-0.05, 0) is 70.7 Å². The van der Waals surface area contributed by atoms with Crippen LogP contribution in [0.5, 0.6) is 0 Å². The SMILES string of the molecule is Cc1cc2c(s1)-c1sc(C(C)C)cc1C21c2cc(C(C)C)sc2-c2sc(C(C)(C)C)cc21. The van der Waals surface area contributed by atoms with Crippen LogP contribution in [0.15, 0.2) is 24.3 Å². The van der Waals surface area contributed by atoms with Gasteiger partial charge in [-0.2, -0.15) is 0 Å². The van der Waals surface area contributed by atoms with E-state index in [4.69, 9.17) is 0 Å². The van der Waals surface area contributed by atoms with Crippen molar-refractivity contribution in [3.63, 3.8) is 0 Å². The molecule has 4 aromatic rings. The topological polar surface area (TPSA) is 0 Å². The largest absolute Gasteiger partial charge is 0.139 e. The van der Waals surface area contributed by atoms with Gasteiger partial charge in [0, 0.05) is 39.0 Å². The molecule has 4 heteroatoms. The normalized spacial score (nSPS) is 18.7. The number of fused-ring (bicyclic) bond motifs is 10. The van der Waals surface area contributed by atoms with E-state index in [0.29, 0.717) is 11.8 Å². The molecule has 0 nitrogen and oxygen atoms in total. The molecule has 0 aliphatic heterocycles. The summed E-state index contributed by atoms with van der Waals surface area (Å²) in [6.45, 7) is 18.7. The van der Waals surface area contributed by atoms with Gasteiger partial charge >= 0.3 is 0 Å². The summed E-state index contributed by atoms with van der Waals surface area (Å²) in [4.78, 5) is 12.1. The summed E-state index contributed by atoms with van der Waals surface area (Å²) in [5, 5.41) is 0. The van der Waals surface area contributed by atoms with Crippen LogP contribution in [0.25, 0.3) is 19.5 Å². The van der Waals surface area contributed by atoms with Crippen LogP contribution in [0.1, 0.15) is 102 Å². The van der Waals surface area contributed by atoms with Crippen LogP contribution in [0.3, 0.4) is 0 Å².